The van der Waals surface area contributed by atoms with E-state index < -0.39 is 0 Å². The first-order valence-corrected chi connectivity index (χ1v) is 15.5. The number of hydrogen-bond acceptors (Lipinski definition) is 4. The van der Waals surface area contributed by atoms with Crippen LogP contribution in [0.2, 0.25) is 5.02 Å². The van der Waals surface area contributed by atoms with Crippen LogP contribution in [0, 0.1) is 12.8 Å². The molecule has 5 N–H and O–H groups in total. The average Bonchev–Trinajstić information content (AvgIpc) is 3.92. The Labute approximate surface area is 265 Å². The molecule has 4 aromatic rings. The molecule has 1 amide bonds. The van der Waals surface area contributed by atoms with Crippen LogP contribution in [0.4, 0.5) is 5.69 Å². The number of nitrogens with two attached hydrogens (primary N) is 2. The molecule has 0 atom stereocenters. The Balaban J connectivity index is 0.000000427. The third-order valence-electron chi connectivity index (χ3n) is 8.01. The van der Waals surface area contributed by atoms with Gasteiger partial charge in [0.05, 0.1) is 0 Å². The number of aryl methyl sites for hydroxylation is 1. The van der Waals surface area contributed by atoms with E-state index in [-0.39, 0.29) is 0 Å². The maximum Gasteiger partial charge on any atom is 0.258 e. The zero-order chi connectivity index (χ0) is 31.5. The Morgan fingerprint density at radius 1 is 0.977 bits per heavy atom. The Morgan fingerprint density at radius 3 is 2.30 bits per heavy atom. The molecule has 6 rings (SSSR count). The summed E-state index contributed by atoms with van der Waals surface area (Å²) in [5.74, 6) is 7.19. The van der Waals surface area contributed by atoms with Gasteiger partial charge in [0.2, 0.25) is 5.91 Å². The molecular weight excluding hydrogens is 570 g/mol. The highest BCUT2D eigenvalue weighted by Crippen LogP contribution is 2.35. The van der Waals surface area contributed by atoms with Crippen molar-refractivity contribution in [3.63, 3.8) is 0 Å². The summed E-state index contributed by atoms with van der Waals surface area (Å²) >= 11 is 6.23. The predicted molar refractivity (Wildman–Crippen MR) is 179 cm³/mol. The van der Waals surface area contributed by atoms with Gasteiger partial charge in [-0.1, -0.05) is 77.8 Å². The Morgan fingerprint density at radius 2 is 1.70 bits per heavy atom. The molecule has 44 heavy (non-hydrogen) atoms. The molecule has 0 spiro atoms. The molecule has 3 aromatic carbocycles. The number of hydrazone groups is 1. The van der Waals surface area contributed by atoms with Gasteiger partial charge in [-0.15, -0.1) is 4.68 Å². The minimum Gasteiger partial charge on any atom is -0.400 e. The fourth-order valence-corrected chi connectivity index (χ4v) is 5.63. The van der Waals surface area contributed by atoms with Crippen LogP contribution in [0.5, 0.6) is 0 Å². The average molecular weight is 613 g/mol. The lowest BCUT2D eigenvalue weighted by Crippen LogP contribution is -2.38. The van der Waals surface area contributed by atoms with Crippen molar-refractivity contribution in [2.75, 3.05) is 20.2 Å². The highest BCUT2D eigenvalue weighted by molar-refractivity contribution is 6.31. The van der Waals surface area contributed by atoms with Crippen molar-refractivity contribution >= 4 is 29.5 Å². The quantitative estimate of drug-likeness (QED) is 0.0788. The highest BCUT2D eigenvalue weighted by Gasteiger charge is 2.35. The van der Waals surface area contributed by atoms with E-state index >= 15 is 0 Å². The van der Waals surface area contributed by atoms with Crippen LogP contribution in [0.25, 0.3) is 11.1 Å². The summed E-state index contributed by atoms with van der Waals surface area (Å²) in [4.78, 5) is 19.1. The van der Waals surface area contributed by atoms with E-state index in [0.717, 1.165) is 74.8 Å². The number of aromatic nitrogens is 1. The third kappa shape index (κ3) is 8.91. The van der Waals surface area contributed by atoms with Crippen molar-refractivity contribution in [3.05, 3.63) is 119 Å². The fraction of sp³-hybridized carbons (Fsp3) is 0.306. The molecule has 1 aromatic heterocycles. The minimum absolute atomic E-state index is 0.312. The number of hydrazine groups is 1. The molecular formula is C36H43ClN5O2+. The Hall–Kier alpha value is -4.20. The number of aliphatic hydroxyl groups is 1. The van der Waals surface area contributed by atoms with Gasteiger partial charge in [0.15, 0.2) is 5.69 Å². The largest absolute Gasteiger partial charge is 0.400 e. The summed E-state index contributed by atoms with van der Waals surface area (Å²) in [5, 5.41) is 7.62. The van der Waals surface area contributed by atoms with E-state index in [1.165, 1.54) is 27.7 Å². The van der Waals surface area contributed by atoms with Crippen molar-refractivity contribution in [2.24, 2.45) is 17.5 Å². The molecule has 230 valence electrons. The number of hydrogen-bond donors (Lipinski definition) is 3. The van der Waals surface area contributed by atoms with Crippen molar-refractivity contribution in [3.8, 4) is 11.1 Å². The minimum atomic E-state index is 0.312. The number of carbonyl (C=O) groups is 1. The van der Waals surface area contributed by atoms with Crippen molar-refractivity contribution in [1.29, 1.82) is 0 Å². The molecule has 8 heteroatoms. The molecule has 0 bridgehead atoms. The van der Waals surface area contributed by atoms with E-state index in [4.69, 9.17) is 33.3 Å². The topological polar surface area (TPSA) is 108 Å². The molecule has 1 aliphatic carbocycles. The predicted octanol–water partition coefficient (Wildman–Crippen LogP) is 6.22. The van der Waals surface area contributed by atoms with Gasteiger partial charge in [0, 0.05) is 60.6 Å². The Bertz CT molecular complexity index is 1530. The van der Waals surface area contributed by atoms with Crippen LogP contribution in [0.3, 0.4) is 0 Å². The van der Waals surface area contributed by atoms with Crippen LogP contribution in [0.15, 0.2) is 91.1 Å². The van der Waals surface area contributed by atoms with Crippen molar-refractivity contribution < 1.29 is 14.6 Å². The first kappa shape index (κ1) is 32.7. The van der Waals surface area contributed by atoms with E-state index in [9.17, 15) is 4.79 Å². The molecule has 2 fully saturated rings. The van der Waals surface area contributed by atoms with Crippen LogP contribution in [0.1, 0.15) is 54.0 Å². The number of nitrogens with zero attached hydrogens (tertiary/aromatic N) is 3. The monoisotopic (exact) mass is 612 g/mol. The number of likely N-dealkylation sites (tertiary alicyclic amines) is 1. The SMILES string of the molecule is CO.Cc1ccccc1.N/C=[N+](\N)c1ccc(Cl)cc1-c1ccc(Cc2cccc(C3CCN(C(=O)C4CC4)CC3)c2)nc1. The van der Waals surface area contributed by atoms with Gasteiger partial charge in [-0.05, 0) is 73.9 Å². The number of halogens is 1. The fourth-order valence-electron chi connectivity index (χ4n) is 5.46. The van der Waals surface area contributed by atoms with Gasteiger partial charge in [-0.25, -0.2) is 0 Å². The van der Waals surface area contributed by atoms with Gasteiger partial charge in [0.25, 0.3) is 6.34 Å². The van der Waals surface area contributed by atoms with Gasteiger partial charge in [0.1, 0.15) is 0 Å². The summed E-state index contributed by atoms with van der Waals surface area (Å²) in [6.07, 6.45) is 8.16. The maximum absolute atomic E-state index is 12.4. The lowest BCUT2D eigenvalue weighted by Gasteiger charge is -2.32. The zero-order valence-electron chi connectivity index (χ0n) is 25.6. The molecule has 0 unspecified atom stereocenters. The normalized spacial score (nSPS) is 15.0. The van der Waals surface area contributed by atoms with Gasteiger partial charge < -0.3 is 10.0 Å². The lowest BCUT2D eigenvalue weighted by atomic mass is 9.88. The number of rotatable bonds is 6. The van der Waals surface area contributed by atoms with Gasteiger partial charge in [-0.2, -0.15) is 0 Å². The first-order chi connectivity index (χ1) is 21.4. The van der Waals surface area contributed by atoms with E-state index in [1.807, 2.05) is 48.7 Å². The molecule has 7 nitrogen and oxygen atoms in total. The van der Waals surface area contributed by atoms with Gasteiger partial charge in [-0.3, -0.25) is 21.4 Å². The van der Waals surface area contributed by atoms with Gasteiger partial charge >= 0.3 is 0 Å². The highest BCUT2D eigenvalue weighted by atomic mass is 35.5. The molecule has 2 aliphatic rings. The summed E-state index contributed by atoms with van der Waals surface area (Å²) in [6.45, 7) is 3.84. The second-order valence-corrected chi connectivity index (χ2v) is 11.6. The van der Waals surface area contributed by atoms with E-state index in [0.29, 0.717) is 22.8 Å². The van der Waals surface area contributed by atoms with Crippen LogP contribution < -0.4 is 11.6 Å². The first-order valence-electron chi connectivity index (χ1n) is 15.1. The zero-order valence-corrected chi connectivity index (χ0v) is 26.3. The van der Waals surface area contributed by atoms with Crippen LogP contribution in [-0.4, -0.2) is 52.1 Å². The molecule has 0 radical (unpaired) electrons. The number of pyridine rings is 1. The summed E-state index contributed by atoms with van der Waals surface area (Å²) in [5.41, 5.74) is 13.1. The maximum atomic E-state index is 12.4. The number of piperidine rings is 1. The number of benzene rings is 3. The molecule has 2 heterocycles. The lowest BCUT2D eigenvalue weighted by molar-refractivity contribution is -0.447. The van der Waals surface area contributed by atoms with E-state index in [1.54, 1.807) is 6.07 Å². The summed E-state index contributed by atoms with van der Waals surface area (Å²) in [6, 6.07) is 28.6. The van der Waals surface area contributed by atoms with E-state index in [2.05, 4.69) is 48.2 Å². The summed E-state index contributed by atoms with van der Waals surface area (Å²) < 4.78 is 1.37. The Kier molecular flexibility index (Phi) is 11.9. The smallest absolute Gasteiger partial charge is 0.258 e. The van der Waals surface area contributed by atoms with Crippen molar-refractivity contribution in [1.82, 2.24) is 9.88 Å². The second-order valence-electron chi connectivity index (χ2n) is 11.2. The summed E-state index contributed by atoms with van der Waals surface area (Å²) in [7, 11) is 1.00. The standard InChI is InChI=1S/C28H30ClN5O.C7H8.CH4O/c29-24-7-9-27(34(31)18-30)26(16-24)23-6-8-25(32-17-23)15-19-2-1-3-22(14-19)20-10-12-33(13-11-20)28(35)21-4-5-21;1-7-5-3-2-4-6-7;1-2/h1-3,6-9,14,16-18,20-21,30H,4-5,10-13,15,31H2;2-6H,1H3;2H,1H3/p+1. The number of amides is 1. The van der Waals surface area contributed by atoms with Crippen LogP contribution in [-0.2, 0) is 11.2 Å². The number of carbonyl (C=O) groups excluding carboxylic acids is 1. The molecule has 1 aliphatic heterocycles. The molecule has 1 saturated heterocycles. The molecule has 1 saturated carbocycles. The third-order valence-corrected chi connectivity index (χ3v) is 8.25. The van der Waals surface area contributed by atoms with Crippen molar-refractivity contribution in [2.45, 2.75) is 44.9 Å². The second kappa shape index (κ2) is 16.0. The number of aliphatic hydroxyl groups excluding tert-OH is 1. The van der Waals surface area contributed by atoms with Crippen LogP contribution >= 0.6 is 11.6 Å².